The van der Waals surface area contributed by atoms with Crippen molar-refractivity contribution in [2.24, 2.45) is 12.8 Å². The Bertz CT molecular complexity index is 1230. The quantitative estimate of drug-likeness (QED) is 0.433. The van der Waals surface area contributed by atoms with Gasteiger partial charge in [0.15, 0.2) is 0 Å². The van der Waals surface area contributed by atoms with Crippen molar-refractivity contribution in [1.29, 1.82) is 0 Å². The monoisotopic (exact) mass is 537 g/mol. The van der Waals surface area contributed by atoms with Crippen LogP contribution in [-0.2, 0) is 23.0 Å². The molecule has 1 aromatic carbocycles. The van der Waals surface area contributed by atoms with Gasteiger partial charge in [-0.2, -0.15) is 0 Å². The Labute approximate surface area is 231 Å². The van der Waals surface area contributed by atoms with Crippen LogP contribution in [0.4, 0.5) is 0 Å². The Morgan fingerprint density at radius 2 is 1.87 bits per heavy atom. The van der Waals surface area contributed by atoms with Gasteiger partial charge in [0.05, 0.1) is 30.0 Å². The molecule has 0 amide bonds. The van der Waals surface area contributed by atoms with E-state index in [1.165, 1.54) is 37.9 Å². The number of fused-ring (bicyclic) bond motifs is 2. The number of hydrogen-bond donors (Lipinski definition) is 1. The summed E-state index contributed by atoms with van der Waals surface area (Å²) in [6.07, 6.45) is 12.6. The van der Waals surface area contributed by atoms with Gasteiger partial charge in [-0.1, -0.05) is 30.2 Å². The standard InChI is InChI=1S/C19H17ClN4.C6H13N.C5H10O2/c1-24-11-22-10-18(24)19(21)16-7-13-3-2-6-23-17(13)8-12-4-5-14(20)9-15(12)16;1-7-5-3-2-4-6-7;1-5(2,3)7-4-6/h2-7,9-11,19H,8,21H2,1H3;2-6H2,1H3;4H,1-3H3. The number of ether oxygens (including phenoxy) is 1. The van der Waals surface area contributed by atoms with Crippen LogP contribution in [0.1, 0.15) is 74.2 Å². The molecule has 8 heteroatoms. The minimum Gasteiger partial charge on any atom is -0.462 e. The number of likely N-dealkylation sites (tertiary alicyclic amines) is 1. The average molecular weight is 538 g/mol. The van der Waals surface area contributed by atoms with E-state index in [-0.39, 0.29) is 11.6 Å². The summed E-state index contributed by atoms with van der Waals surface area (Å²) in [5.74, 6) is 0. The van der Waals surface area contributed by atoms with Crippen LogP contribution in [-0.4, -0.2) is 51.6 Å². The van der Waals surface area contributed by atoms with Gasteiger partial charge < -0.3 is 19.9 Å². The number of aromatic nitrogens is 3. The summed E-state index contributed by atoms with van der Waals surface area (Å²) in [6, 6.07) is 9.70. The molecule has 0 radical (unpaired) electrons. The van der Waals surface area contributed by atoms with Crippen molar-refractivity contribution in [3.8, 4) is 0 Å². The number of benzene rings is 1. The van der Waals surface area contributed by atoms with Gasteiger partial charge in [0.25, 0.3) is 6.47 Å². The van der Waals surface area contributed by atoms with E-state index in [0.717, 1.165) is 34.5 Å². The van der Waals surface area contributed by atoms with Gasteiger partial charge in [0, 0.05) is 24.7 Å². The van der Waals surface area contributed by atoms with Gasteiger partial charge in [0.1, 0.15) is 5.60 Å². The molecule has 3 heterocycles. The number of aryl methyl sites for hydroxylation is 1. The number of nitrogens with zero attached hydrogens (tertiary/aromatic N) is 4. The maximum absolute atomic E-state index is 9.60. The number of imidazole rings is 1. The van der Waals surface area contributed by atoms with Crippen LogP contribution < -0.4 is 5.73 Å². The summed E-state index contributed by atoms with van der Waals surface area (Å²) in [7, 11) is 4.15. The Kier molecular flexibility index (Phi) is 10.6. The van der Waals surface area contributed by atoms with E-state index in [0.29, 0.717) is 11.5 Å². The van der Waals surface area contributed by atoms with E-state index in [1.54, 1.807) is 6.33 Å². The molecule has 1 saturated heterocycles. The second kappa shape index (κ2) is 13.7. The zero-order valence-electron chi connectivity index (χ0n) is 23.2. The molecule has 3 aromatic rings. The second-order valence-electron chi connectivity index (χ2n) is 10.7. The molecule has 5 rings (SSSR count). The summed E-state index contributed by atoms with van der Waals surface area (Å²) in [6.45, 7) is 8.56. The normalized spacial score (nSPS) is 15.7. The highest BCUT2D eigenvalue weighted by Crippen LogP contribution is 2.37. The topological polar surface area (TPSA) is 86.3 Å². The lowest BCUT2D eigenvalue weighted by Crippen LogP contribution is -2.24. The summed E-state index contributed by atoms with van der Waals surface area (Å²) in [5.41, 5.74) is 12.7. The predicted octanol–water partition coefficient (Wildman–Crippen LogP) is 5.67. The van der Waals surface area contributed by atoms with Crippen LogP contribution in [0.2, 0.25) is 5.02 Å². The van der Waals surface area contributed by atoms with E-state index in [4.69, 9.17) is 17.3 Å². The Balaban J connectivity index is 0.000000235. The van der Waals surface area contributed by atoms with Crippen molar-refractivity contribution in [2.45, 2.75) is 58.1 Å². The summed E-state index contributed by atoms with van der Waals surface area (Å²) in [4.78, 5) is 20.7. The molecule has 1 atom stereocenters. The van der Waals surface area contributed by atoms with Gasteiger partial charge in [-0.25, -0.2) is 4.98 Å². The molecule has 204 valence electrons. The number of carbonyl (C=O) groups is 1. The van der Waals surface area contributed by atoms with Crippen molar-refractivity contribution < 1.29 is 9.53 Å². The highest BCUT2D eigenvalue weighted by molar-refractivity contribution is 6.30. The number of pyridine rings is 1. The maximum atomic E-state index is 9.60. The first-order valence-corrected chi connectivity index (χ1v) is 13.4. The molecule has 1 aliphatic carbocycles. The first-order valence-electron chi connectivity index (χ1n) is 13.0. The fourth-order valence-corrected chi connectivity index (χ4v) is 4.58. The minimum absolute atomic E-state index is 0.291. The van der Waals surface area contributed by atoms with Gasteiger partial charge in [-0.05, 0) is 100 Å². The van der Waals surface area contributed by atoms with Crippen molar-refractivity contribution >= 4 is 29.7 Å². The van der Waals surface area contributed by atoms with Gasteiger partial charge in [-0.3, -0.25) is 9.78 Å². The van der Waals surface area contributed by atoms with E-state index < -0.39 is 0 Å². The van der Waals surface area contributed by atoms with Gasteiger partial charge in [-0.15, -0.1) is 0 Å². The van der Waals surface area contributed by atoms with Crippen LogP contribution >= 0.6 is 11.6 Å². The van der Waals surface area contributed by atoms with Crippen molar-refractivity contribution in [3.63, 3.8) is 0 Å². The summed E-state index contributed by atoms with van der Waals surface area (Å²) < 4.78 is 6.50. The molecule has 1 fully saturated rings. The highest BCUT2D eigenvalue weighted by atomic mass is 35.5. The van der Waals surface area contributed by atoms with Gasteiger partial charge in [0.2, 0.25) is 0 Å². The largest absolute Gasteiger partial charge is 0.462 e. The van der Waals surface area contributed by atoms with Crippen LogP contribution in [0.15, 0.2) is 49.1 Å². The number of rotatable bonds is 3. The first kappa shape index (κ1) is 29.6. The maximum Gasteiger partial charge on any atom is 0.293 e. The Morgan fingerprint density at radius 3 is 2.42 bits per heavy atom. The van der Waals surface area contributed by atoms with E-state index in [2.05, 4.69) is 44.9 Å². The van der Waals surface area contributed by atoms with Crippen LogP contribution in [0.25, 0.3) is 11.6 Å². The van der Waals surface area contributed by atoms with Crippen molar-refractivity contribution in [2.75, 3.05) is 20.1 Å². The lowest BCUT2D eigenvalue weighted by atomic mass is 9.92. The molecule has 38 heavy (non-hydrogen) atoms. The smallest absolute Gasteiger partial charge is 0.293 e. The number of piperidine rings is 1. The fraction of sp³-hybridized carbons (Fsp3) is 0.433. The van der Waals surface area contributed by atoms with Crippen molar-refractivity contribution in [1.82, 2.24) is 19.4 Å². The molecule has 1 aliphatic heterocycles. The zero-order valence-corrected chi connectivity index (χ0v) is 23.9. The number of nitrogens with two attached hydrogens (primary N) is 1. The Hall–Kier alpha value is -3.00. The van der Waals surface area contributed by atoms with Crippen LogP contribution in [0, 0.1) is 0 Å². The van der Waals surface area contributed by atoms with E-state index >= 15 is 0 Å². The third-order valence-electron chi connectivity index (χ3n) is 6.47. The molecule has 7 nitrogen and oxygen atoms in total. The van der Waals surface area contributed by atoms with Crippen molar-refractivity contribution in [3.05, 3.63) is 82.2 Å². The molecule has 0 spiro atoms. The summed E-state index contributed by atoms with van der Waals surface area (Å²) in [5, 5.41) is 0.704. The minimum atomic E-state index is -0.318. The number of hydrogen-bond acceptors (Lipinski definition) is 6. The lowest BCUT2D eigenvalue weighted by Gasteiger charge is -2.20. The van der Waals surface area contributed by atoms with E-state index in [1.807, 2.05) is 63.0 Å². The van der Waals surface area contributed by atoms with Crippen LogP contribution in [0.3, 0.4) is 0 Å². The molecular weight excluding hydrogens is 498 g/mol. The lowest BCUT2D eigenvalue weighted by molar-refractivity contribution is -0.138. The molecule has 0 saturated carbocycles. The molecule has 2 N–H and O–H groups in total. The Morgan fingerprint density at radius 1 is 1.13 bits per heavy atom. The third kappa shape index (κ3) is 8.51. The van der Waals surface area contributed by atoms with E-state index in [9.17, 15) is 4.79 Å². The zero-order chi connectivity index (χ0) is 27.7. The number of carbonyl (C=O) groups excluding carboxylic acids is 1. The number of halogens is 1. The molecule has 1 unspecified atom stereocenters. The predicted molar refractivity (Wildman–Crippen MR) is 155 cm³/mol. The third-order valence-corrected chi connectivity index (χ3v) is 6.70. The molecule has 2 aromatic heterocycles. The molecule has 0 bridgehead atoms. The fourth-order valence-electron chi connectivity index (χ4n) is 4.41. The highest BCUT2D eigenvalue weighted by Gasteiger charge is 2.23. The SMILES string of the molecule is CC(C)(C)OC=O.CN1CCCCC1.Cn1cncc1C(N)C1=Cc2cccnc2Cc2ccc(Cl)cc21. The molecular formula is C30H40ClN5O2. The molecule has 2 aliphatic rings. The second-order valence-corrected chi connectivity index (χ2v) is 11.2. The first-order chi connectivity index (χ1) is 18.1. The van der Waals surface area contributed by atoms with Gasteiger partial charge >= 0.3 is 0 Å². The summed E-state index contributed by atoms with van der Waals surface area (Å²) >= 11 is 6.27. The van der Waals surface area contributed by atoms with Crippen LogP contribution in [0.5, 0.6) is 0 Å². The average Bonchev–Trinajstić information content (AvgIpc) is 3.23.